The van der Waals surface area contributed by atoms with Gasteiger partial charge in [0.25, 0.3) is 0 Å². The maximum atomic E-state index is 5.89. The number of aryl methyl sites for hydroxylation is 1. The Morgan fingerprint density at radius 2 is 2.36 bits per heavy atom. The summed E-state index contributed by atoms with van der Waals surface area (Å²) >= 11 is 5.89. The van der Waals surface area contributed by atoms with Crippen molar-refractivity contribution >= 4 is 22.6 Å². The minimum atomic E-state index is 0.519. The monoisotopic (exact) mass is 209 g/mol. The van der Waals surface area contributed by atoms with Crippen LogP contribution in [-0.2, 0) is 13.1 Å². The number of hydrogen-bond donors (Lipinski definition) is 1. The molecule has 0 atom stereocenters. The summed E-state index contributed by atoms with van der Waals surface area (Å²) in [7, 11) is 0. The Morgan fingerprint density at radius 1 is 1.57 bits per heavy atom. The minimum Gasteiger partial charge on any atom is -0.332 e. The zero-order valence-corrected chi connectivity index (χ0v) is 8.75. The molecule has 2 N–H and O–H groups in total. The van der Waals surface area contributed by atoms with Gasteiger partial charge in [0.1, 0.15) is 5.65 Å². The Balaban J connectivity index is 2.75. The fraction of sp³-hybridized carbons (Fsp3) is 0.300. The van der Waals surface area contributed by atoms with E-state index in [9.17, 15) is 0 Å². The van der Waals surface area contributed by atoms with Crippen LogP contribution in [0.1, 0.15) is 12.5 Å². The molecular weight excluding hydrogens is 198 g/mol. The number of hydrogen-bond acceptors (Lipinski definition) is 2. The molecule has 0 saturated heterocycles. The van der Waals surface area contributed by atoms with Crippen molar-refractivity contribution in [3.8, 4) is 0 Å². The van der Waals surface area contributed by atoms with Crippen LogP contribution in [0.25, 0.3) is 11.0 Å². The van der Waals surface area contributed by atoms with E-state index in [1.165, 1.54) is 0 Å². The topological polar surface area (TPSA) is 43.8 Å². The van der Waals surface area contributed by atoms with Crippen molar-refractivity contribution in [2.75, 3.05) is 0 Å². The molecule has 2 heterocycles. The number of pyridine rings is 1. The number of rotatable bonds is 2. The highest BCUT2D eigenvalue weighted by molar-refractivity contribution is 6.31. The second-order valence-corrected chi connectivity index (χ2v) is 3.61. The van der Waals surface area contributed by atoms with Gasteiger partial charge in [0.05, 0.1) is 5.02 Å². The van der Waals surface area contributed by atoms with Gasteiger partial charge in [-0.25, -0.2) is 4.98 Å². The predicted octanol–water partition coefficient (Wildman–Crippen LogP) is 2.17. The highest BCUT2D eigenvalue weighted by Gasteiger charge is 2.07. The van der Waals surface area contributed by atoms with Crippen molar-refractivity contribution < 1.29 is 0 Å². The lowest BCUT2D eigenvalue weighted by Crippen LogP contribution is -1.95. The van der Waals surface area contributed by atoms with Crippen LogP contribution in [0.2, 0.25) is 5.02 Å². The summed E-state index contributed by atoms with van der Waals surface area (Å²) in [6, 6.07) is 1.91. The first-order valence-electron chi connectivity index (χ1n) is 4.59. The van der Waals surface area contributed by atoms with Gasteiger partial charge in [-0.1, -0.05) is 11.6 Å². The van der Waals surface area contributed by atoms with Crippen LogP contribution >= 0.6 is 11.6 Å². The second-order valence-electron chi connectivity index (χ2n) is 3.17. The van der Waals surface area contributed by atoms with E-state index in [0.29, 0.717) is 11.6 Å². The first kappa shape index (κ1) is 9.49. The van der Waals surface area contributed by atoms with Gasteiger partial charge in [0.15, 0.2) is 0 Å². The Hall–Kier alpha value is -1.06. The van der Waals surface area contributed by atoms with Gasteiger partial charge in [-0.15, -0.1) is 0 Å². The number of aromatic nitrogens is 2. The van der Waals surface area contributed by atoms with E-state index in [2.05, 4.69) is 16.5 Å². The molecule has 0 aromatic carbocycles. The van der Waals surface area contributed by atoms with Crippen molar-refractivity contribution in [1.82, 2.24) is 9.55 Å². The highest BCUT2D eigenvalue weighted by atomic mass is 35.5. The van der Waals surface area contributed by atoms with Crippen molar-refractivity contribution in [1.29, 1.82) is 0 Å². The predicted molar refractivity (Wildman–Crippen MR) is 58.3 cm³/mol. The van der Waals surface area contributed by atoms with E-state index in [1.807, 2.05) is 12.3 Å². The van der Waals surface area contributed by atoms with Crippen molar-refractivity contribution in [2.45, 2.75) is 20.0 Å². The van der Waals surface area contributed by atoms with E-state index in [-0.39, 0.29) is 0 Å². The van der Waals surface area contributed by atoms with Crippen molar-refractivity contribution in [2.24, 2.45) is 5.73 Å². The Labute approximate surface area is 87.5 Å². The molecule has 2 rings (SSSR count). The smallest absolute Gasteiger partial charge is 0.140 e. The fourth-order valence-electron chi connectivity index (χ4n) is 1.62. The molecule has 0 aliphatic rings. The molecule has 3 nitrogen and oxygen atoms in total. The molecule has 0 unspecified atom stereocenters. The van der Waals surface area contributed by atoms with Crippen molar-refractivity contribution in [3.63, 3.8) is 0 Å². The van der Waals surface area contributed by atoms with Gasteiger partial charge in [0.2, 0.25) is 0 Å². The summed E-state index contributed by atoms with van der Waals surface area (Å²) in [5.41, 5.74) is 7.70. The van der Waals surface area contributed by atoms with Gasteiger partial charge in [-0.05, 0) is 18.6 Å². The van der Waals surface area contributed by atoms with Crippen LogP contribution in [0.5, 0.6) is 0 Å². The average molecular weight is 210 g/mol. The zero-order chi connectivity index (χ0) is 10.1. The molecule has 14 heavy (non-hydrogen) atoms. The largest absolute Gasteiger partial charge is 0.332 e. The zero-order valence-electron chi connectivity index (χ0n) is 8.00. The molecule has 0 saturated carbocycles. The SMILES string of the molecule is CCn1cc(CN)c2cc(Cl)cnc21. The Morgan fingerprint density at radius 3 is 3.00 bits per heavy atom. The van der Waals surface area contributed by atoms with E-state index >= 15 is 0 Å². The molecular formula is C10H12ClN3. The van der Waals surface area contributed by atoms with Gasteiger partial charge >= 0.3 is 0 Å². The van der Waals surface area contributed by atoms with Crippen molar-refractivity contribution in [3.05, 3.63) is 29.0 Å². The third-order valence-corrected chi connectivity index (χ3v) is 2.53. The summed E-state index contributed by atoms with van der Waals surface area (Å²) in [5.74, 6) is 0. The van der Waals surface area contributed by atoms with Gasteiger partial charge in [-0.3, -0.25) is 0 Å². The number of nitrogens with zero attached hydrogens (tertiary/aromatic N) is 2. The highest BCUT2D eigenvalue weighted by Crippen LogP contribution is 2.22. The molecule has 2 aromatic rings. The van der Waals surface area contributed by atoms with Gasteiger partial charge < -0.3 is 10.3 Å². The summed E-state index contributed by atoms with van der Waals surface area (Å²) in [4.78, 5) is 4.30. The molecule has 74 valence electrons. The molecule has 0 spiro atoms. The minimum absolute atomic E-state index is 0.519. The third-order valence-electron chi connectivity index (χ3n) is 2.32. The molecule has 4 heteroatoms. The maximum absolute atomic E-state index is 5.89. The lowest BCUT2D eigenvalue weighted by molar-refractivity contribution is 0.782. The molecule has 0 fully saturated rings. The van der Waals surface area contributed by atoms with Crippen LogP contribution in [0.4, 0.5) is 0 Å². The Kier molecular flexibility index (Phi) is 2.44. The second kappa shape index (κ2) is 3.59. The fourth-order valence-corrected chi connectivity index (χ4v) is 1.78. The normalized spacial score (nSPS) is 11.1. The van der Waals surface area contributed by atoms with Crippen LogP contribution in [0.3, 0.4) is 0 Å². The average Bonchev–Trinajstić information content (AvgIpc) is 2.55. The van der Waals surface area contributed by atoms with Crippen LogP contribution in [0.15, 0.2) is 18.5 Å². The van der Waals surface area contributed by atoms with E-state index < -0.39 is 0 Å². The summed E-state index contributed by atoms with van der Waals surface area (Å²) < 4.78 is 2.08. The van der Waals surface area contributed by atoms with E-state index in [4.69, 9.17) is 17.3 Å². The first-order chi connectivity index (χ1) is 6.76. The lowest BCUT2D eigenvalue weighted by Gasteiger charge is -1.98. The number of halogens is 1. The molecule has 0 amide bonds. The summed E-state index contributed by atoms with van der Waals surface area (Å²) in [5, 5.41) is 1.71. The summed E-state index contributed by atoms with van der Waals surface area (Å²) in [6.45, 7) is 3.49. The van der Waals surface area contributed by atoms with E-state index in [0.717, 1.165) is 23.1 Å². The molecule has 0 aliphatic carbocycles. The van der Waals surface area contributed by atoms with Crippen LogP contribution in [-0.4, -0.2) is 9.55 Å². The van der Waals surface area contributed by atoms with Crippen LogP contribution < -0.4 is 5.73 Å². The van der Waals surface area contributed by atoms with E-state index in [1.54, 1.807) is 6.20 Å². The number of fused-ring (bicyclic) bond motifs is 1. The van der Waals surface area contributed by atoms with Gasteiger partial charge in [-0.2, -0.15) is 0 Å². The number of nitrogens with two attached hydrogens (primary N) is 1. The van der Waals surface area contributed by atoms with Crippen LogP contribution in [0, 0.1) is 0 Å². The molecule has 0 radical (unpaired) electrons. The quantitative estimate of drug-likeness (QED) is 0.824. The summed E-state index contributed by atoms with van der Waals surface area (Å²) in [6.07, 6.45) is 3.70. The standard InChI is InChI=1S/C10H12ClN3/c1-2-14-6-7(4-12)9-3-8(11)5-13-10(9)14/h3,5-6H,2,4,12H2,1H3. The first-order valence-corrected chi connectivity index (χ1v) is 4.97. The molecule has 0 bridgehead atoms. The van der Waals surface area contributed by atoms with Gasteiger partial charge in [0, 0.05) is 30.9 Å². The molecule has 0 aliphatic heterocycles. The Bertz CT molecular complexity index is 462. The molecule has 2 aromatic heterocycles. The lowest BCUT2D eigenvalue weighted by atomic mass is 10.2. The maximum Gasteiger partial charge on any atom is 0.140 e. The third kappa shape index (κ3) is 1.38.